The van der Waals surface area contributed by atoms with Crippen molar-refractivity contribution in [2.24, 2.45) is 0 Å². The zero-order valence-corrected chi connectivity index (χ0v) is 18.2. The van der Waals surface area contributed by atoms with Gasteiger partial charge in [-0.2, -0.15) is 9.61 Å². The summed E-state index contributed by atoms with van der Waals surface area (Å²) in [6, 6.07) is 4.83. The number of amides is 1. The van der Waals surface area contributed by atoms with Crippen LogP contribution in [0.25, 0.3) is 5.65 Å². The number of carbonyl (C=O) groups excluding carboxylic acids is 1. The van der Waals surface area contributed by atoms with Gasteiger partial charge >= 0.3 is 0 Å². The standard InChI is InChI=1S/C22H26FN7O3/c1-24-19-10-18(27-17-3-2-6-29(22(17)33)14-7-12(23)8-14)28-20-16(11-25-30(19)20)21(32)26-13-4-5-15(31)9-13/h2-3,6,10-15,24,31H,4-5,7-9H2,1H3,(H,26,32)(H,27,28)/t12-,13-,14-,15+/m1/s1. The fraction of sp³-hybridized carbons (Fsp3) is 0.455. The first-order valence-corrected chi connectivity index (χ1v) is 11.1. The van der Waals surface area contributed by atoms with Crippen LogP contribution in [0.2, 0.25) is 0 Å². The van der Waals surface area contributed by atoms with Gasteiger partial charge in [-0.15, -0.1) is 0 Å². The van der Waals surface area contributed by atoms with Crippen LogP contribution in [0.15, 0.2) is 35.4 Å². The zero-order chi connectivity index (χ0) is 23.1. The van der Waals surface area contributed by atoms with Crippen LogP contribution in [0.1, 0.15) is 48.5 Å². The number of aliphatic hydroxyl groups is 1. The molecule has 2 fully saturated rings. The molecule has 0 unspecified atom stereocenters. The molecule has 3 aromatic rings. The quantitative estimate of drug-likeness (QED) is 0.448. The number of halogens is 1. The lowest BCUT2D eigenvalue weighted by Crippen LogP contribution is -2.35. The number of nitrogens with zero attached hydrogens (tertiary/aromatic N) is 4. The number of hydrogen-bond acceptors (Lipinski definition) is 7. The molecule has 10 nitrogen and oxygen atoms in total. The molecule has 0 bridgehead atoms. The van der Waals surface area contributed by atoms with Crippen molar-refractivity contribution in [3.05, 3.63) is 46.5 Å². The average Bonchev–Trinajstić information content (AvgIpc) is 3.38. The second-order valence-electron chi connectivity index (χ2n) is 8.69. The number of pyridine rings is 1. The van der Waals surface area contributed by atoms with Gasteiger partial charge in [-0.3, -0.25) is 9.59 Å². The van der Waals surface area contributed by atoms with E-state index in [9.17, 15) is 19.1 Å². The lowest BCUT2D eigenvalue weighted by molar-refractivity contribution is 0.0935. The normalized spacial score (nSPS) is 24.5. The van der Waals surface area contributed by atoms with Crippen molar-refractivity contribution in [1.29, 1.82) is 0 Å². The number of aromatic nitrogens is 4. The number of fused-ring (bicyclic) bond motifs is 1. The van der Waals surface area contributed by atoms with Gasteiger partial charge in [0.25, 0.3) is 11.5 Å². The maximum absolute atomic E-state index is 13.3. The van der Waals surface area contributed by atoms with Crippen molar-refractivity contribution in [3.63, 3.8) is 0 Å². The van der Waals surface area contributed by atoms with E-state index in [0.717, 1.165) is 6.42 Å². The highest BCUT2D eigenvalue weighted by atomic mass is 19.1. The minimum absolute atomic E-state index is 0.0919. The van der Waals surface area contributed by atoms with Crippen LogP contribution < -0.4 is 21.5 Å². The SMILES string of the molecule is CNc1cc(Nc2cccn([C@H]3C[C@H](F)C3)c2=O)nc2c(C(=O)N[C@@H]3CC[C@H](O)C3)cnn12. The second kappa shape index (κ2) is 8.47. The first-order valence-electron chi connectivity index (χ1n) is 11.1. The average molecular weight is 455 g/mol. The van der Waals surface area contributed by atoms with Gasteiger partial charge in [0.2, 0.25) is 0 Å². The van der Waals surface area contributed by atoms with Gasteiger partial charge < -0.3 is 25.6 Å². The van der Waals surface area contributed by atoms with Gasteiger partial charge in [0.05, 0.1) is 12.3 Å². The Kier molecular flexibility index (Phi) is 5.49. The van der Waals surface area contributed by atoms with Crippen molar-refractivity contribution in [1.82, 2.24) is 24.5 Å². The number of anilines is 3. The summed E-state index contributed by atoms with van der Waals surface area (Å²) in [7, 11) is 1.72. The first kappa shape index (κ1) is 21.4. The lowest BCUT2D eigenvalue weighted by Gasteiger charge is -2.31. The number of carbonyl (C=O) groups is 1. The smallest absolute Gasteiger partial charge is 0.274 e. The highest BCUT2D eigenvalue weighted by Crippen LogP contribution is 2.33. The van der Waals surface area contributed by atoms with Crippen molar-refractivity contribution in [2.75, 3.05) is 17.7 Å². The minimum atomic E-state index is -0.861. The molecule has 33 heavy (non-hydrogen) atoms. The molecule has 5 rings (SSSR count). The molecule has 2 aliphatic carbocycles. The van der Waals surface area contributed by atoms with Gasteiger partial charge in [-0.25, -0.2) is 9.37 Å². The maximum Gasteiger partial charge on any atom is 0.274 e. The van der Waals surface area contributed by atoms with Crippen LogP contribution in [0.5, 0.6) is 0 Å². The molecule has 4 N–H and O–H groups in total. The Morgan fingerprint density at radius 1 is 1.27 bits per heavy atom. The summed E-state index contributed by atoms with van der Waals surface area (Å²) in [6.07, 6.45) is 4.45. The Hall–Kier alpha value is -3.47. The summed E-state index contributed by atoms with van der Waals surface area (Å²) < 4.78 is 16.3. The summed E-state index contributed by atoms with van der Waals surface area (Å²) in [5.74, 6) is 0.626. The zero-order valence-electron chi connectivity index (χ0n) is 18.2. The second-order valence-corrected chi connectivity index (χ2v) is 8.69. The summed E-state index contributed by atoms with van der Waals surface area (Å²) in [5.41, 5.74) is 0.680. The van der Waals surface area contributed by atoms with E-state index in [-0.39, 0.29) is 23.6 Å². The number of alkyl halides is 1. The summed E-state index contributed by atoms with van der Waals surface area (Å²) >= 11 is 0. The van der Waals surface area contributed by atoms with E-state index in [4.69, 9.17) is 0 Å². The molecule has 3 aromatic heterocycles. The minimum Gasteiger partial charge on any atom is -0.393 e. The van der Waals surface area contributed by atoms with E-state index in [1.165, 1.54) is 10.7 Å². The fourth-order valence-corrected chi connectivity index (χ4v) is 4.50. The van der Waals surface area contributed by atoms with Crippen molar-refractivity contribution >= 4 is 28.9 Å². The largest absolute Gasteiger partial charge is 0.393 e. The Labute approximate surface area is 188 Å². The maximum atomic E-state index is 13.3. The van der Waals surface area contributed by atoms with E-state index in [0.29, 0.717) is 54.2 Å². The molecule has 0 spiro atoms. The predicted molar refractivity (Wildman–Crippen MR) is 121 cm³/mol. The Morgan fingerprint density at radius 2 is 2.09 bits per heavy atom. The van der Waals surface area contributed by atoms with Gasteiger partial charge in [-0.1, -0.05) is 0 Å². The Balaban J connectivity index is 1.44. The Morgan fingerprint density at radius 3 is 2.79 bits per heavy atom. The number of aliphatic hydroxyl groups excluding tert-OH is 1. The highest BCUT2D eigenvalue weighted by molar-refractivity contribution is 6.00. The number of nitrogens with one attached hydrogen (secondary N) is 3. The van der Waals surface area contributed by atoms with Crippen LogP contribution >= 0.6 is 0 Å². The third kappa shape index (κ3) is 4.04. The third-order valence-corrected chi connectivity index (χ3v) is 6.40. The molecule has 0 saturated heterocycles. The highest BCUT2D eigenvalue weighted by Gasteiger charge is 2.31. The third-order valence-electron chi connectivity index (χ3n) is 6.40. The molecule has 2 atom stereocenters. The molecule has 0 aromatic carbocycles. The summed E-state index contributed by atoms with van der Waals surface area (Å²) in [5, 5.41) is 23.0. The molecule has 0 radical (unpaired) electrons. The molecule has 11 heteroatoms. The molecular weight excluding hydrogens is 429 g/mol. The summed E-state index contributed by atoms with van der Waals surface area (Å²) in [6.45, 7) is 0. The van der Waals surface area contributed by atoms with Crippen LogP contribution in [0, 0.1) is 0 Å². The van der Waals surface area contributed by atoms with E-state index in [1.807, 2.05) is 0 Å². The molecule has 1 amide bonds. The van der Waals surface area contributed by atoms with E-state index in [1.54, 1.807) is 36.0 Å². The van der Waals surface area contributed by atoms with Crippen LogP contribution in [0.4, 0.5) is 21.7 Å². The molecular formula is C22H26FN7O3. The predicted octanol–water partition coefficient (Wildman–Crippen LogP) is 1.99. The molecule has 0 aliphatic heterocycles. The number of rotatable bonds is 6. The molecule has 2 saturated carbocycles. The Bertz CT molecular complexity index is 1250. The van der Waals surface area contributed by atoms with E-state index < -0.39 is 12.3 Å². The number of hydrogen-bond donors (Lipinski definition) is 4. The van der Waals surface area contributed by atoms with Crippen molar-refractivity contribution in [2.45, 2.75) is 56.5 Å². The van der Waals surface area contributed by atoms with Gasteiger partial charge in [0.15, 0.2) is 5.65 Å². The van der Waals surface area contributed by atoms with Crippen LogP contribution in [-0.2, 0) is 0 Å². The molecule has 174 valence electrons. The van der Waals surface area contributed by atoms with Gasteiger partial charge in [-0.05, 0) is 44.2 Å². The van der Waals surface area contributed by atoms with E-state index >= 15 is 0 Å². The van der Waals surface area contributed by atoms with Crippen LogP contribution in [0.3, 0.4) is 0 Å². The van der Waals surface area contributed by atoms with Crippen molar-refractivity contribution in [3.8, 4) is 0 Å². The molecule has 2 aliphatic rings. The summed E-state index contributed by atoms with van der Waals surface area (Å²) in [4.78, 5) is 30.3. The van der Waals surface area contributed by atoms with E-state index in [2.05, 4.69) is 26.0 Å². The fourth-order valence-electron chi connectivity index (χ4n) is 4.50. The van der Waals surface area contributed by atoms with Gasteiger partial charge in [0.1, 0.15) is 29.1 Å². The van der Waals surface area contributed by atoms with Crippen LogP contribution in [-0.4, -0.2) is 55.5 Å². The van der Waals surface area contributed by atoms with Gasteiger partial charge in [0, 0.05) is 31.4 Å². The lowest BCUT2D eigenvalue weighted by atomic mass is 9.90. The topological polar surface area (TPSA) is 126 Å². The monoisotopic (exact) mass is 455 g/mol. The first-order chi connectivity index (χ1) is 15.9. The van der Waals surface area contributed by atoms with Crippen molar-refractivity contribution < 1.29 is 14.3 Å². The molecule has 3 heterocycles.